The second kappa shape index (κ2) is 5.53. The van der Waals surface area contributed by atoms with Gasteiger partial charge in [-0.3, -0.25) is 4.79 Å². The first-order chi connectivity index (χ1) is 9.37. The minimum atomic E-state index is -4.23. The van der Waals surface area contributed by atoms with Gasteiger partial charge in [-0.15, -0.1) is 0 Å². The van der Waals surface area contributed by atoms with E-state index in [9.17, 15) is 18.0 Å². The largest absolute Gasteiger partial charge is 0.398 e. The quantitative estimate of drug-likeness (QED) is 0.669. The zero-order chi connectivity index (χ0) is 14.8. The number of carbonyl (C=O) groups is 1. The van der Waals surface area contributed by atoms with Crippen LogP contribution in [0.3, 0.4) is 0 Å². The van der Waals surface area contributed by atoms with Gasteiger partial charge in [-0.05, 0) is 29.3 Å². The van der Waals surface area contributed by atoms with E-state index in [4.69, 9.17) is 5.73 Å². The number of fused-ring (bicyclic) bond motifs is 1. The Kier molecular flexibility index (Phi) is 3.97. The van der Waals surface area contributed by atoms with Crippen molar-refractivity contribution in [1.82, 2.24) is 0 Å². The number of alkyl halides is 3. The molecule has 0 saturated heterocycles. The Hall–Kier alpha value is -2.04. The highest BCUT2D eigenvalue weighted by molar-refractivity contribution is 6.05. The summed E-state index contributed by atoms with van der Waals surface area (Å²) in [6, 6.07) is 10.7. The van der Waals surface area contributed by atoms with Crippen molar-refractivity contribution in [2.75, 3.05) is 5.73 Å². The smallest absolute Gasteiger partial charge is 0.389 e. The number of ketones is 1. The minimum Gasteiger partial charge on any atom is -0.398 e. The molecule has 0 aromatic heterocycles. The van der Waals surface area contributed by atoms with Crippen LogP contribution in [0.5, 0.6) is 0 Å². The van der Waals surface area contributed by atoms with E-state index >= 15 is 0 Å². The van der Waals surface area contributed by atoms with E-state index in [2.05, 4.69) is 0 Å². The van der Waals surface area contributed by atoms with Crippen LogP contribution >= 0.6 is 0 Å². The molecule has 20 heavy (non-hydrogen) atoms. The minimum absolute atomic E-state index is 0.151. The fourth-order valence-electron chi connectivity index (χ4n) is 2.08. The summed E-state index contributed by atoms with van der Waals surface area (Å²) in [4.78, 5) is 11.9. The highest BCUT2D eigenvalue weighted by Gasteiger charge is 2.26. The summed E-state index contributed by atoms with van der Waals surface area (Å²) >= 11 is 0. The molecule has 2 aromatic rings. The van der Waals surface area contributed by atoms with Crippen LogP contribution in [-0.2, 0) is 0 Å². The number of carbonyl (C=O) groups excluding carboxylic acids is 1. The fraction of sp³-hybridized carbons (Fsp3) is 0.267. The van der Waals surface area contributed by atoms with E-state index in [0.29, 0.717) is 11.3 Å². The highest BCUT2D eigenvalue weighted by atomic mass is 19.4. The normalized spacial score (nSPS) is 11.8. The molecule has 0 amide bonds. The molecular weight excluding hydrogens is 267 g/mol. The van der Waals surface area contributed by atoms with Gasteiger partial charge >= 0.3 is 6.18 Å². The van der Waals surface area contributed by atoms with Crippen molar-refractivity contribution in [3.63, 3.8) is 0 Å². The summed E-state index contributed by atoms with van der Waals surface area (Å²) in [7, 11) is 0. The maximum absolute atomic E-state index is 12.1. The Labute approximate surface area is 114 Å². The molecule has 0 aliphatic carbocycles. The van der Waals surface area contributed by atoms with Crippen LogP contribution in [0.15, 0.2) is 36.4 Å². The average molecular weight is 281 g/mol. The van der Waals surface area contributed by atoms with Crippen LogP contribution in [0.25, 0.3) is 10.8 Å². The molecule has 2 N–H and O–H groups in total. The van der Waals surface area contributed by atoms with Gasteiger partial charge in [-0.1, -0.05) is 24.3 Å². The summed E-state index contributed by atoms with van der Waals surface area (Å²) in [5, 5.41) is 1.75. The van der Waals surface area contributed by atoms with Crippen LogP contribution in [0.2, 0.25) is 0 Å². The molecule has 5 heteroatoms. The lowest BCUT2D eigenvalue weighted by Crippen LogP contribution is -2.09. The summed E-state index contributed by atoms with van der Waals surface area (Å²) in [5.41, 5.74) is 6.41. The third-order valence-electron chi connectivity index (χ3n) is 3.08. The van der Waals surface area contributed by atoms with Crippen molar-refractivity contribution in [2.45, 2.75) is 25.4 Å². The van der Waals surface area contributed by atoms with Gasteiger partial charge in [0.15, 0.2) is 5.78 Å². The molecule has 2 nitrogen and oxygen atoms in total. The van der Waals surface area contributed by atoms with Gasteiger partial charge in [-0.2, -0.15) is 13.2 Å². The van der Waals surface area contributed by atoms with Crippen LogP contribution in [0, 0.1) is 0 Å². The number of nitrogen functional groups attached to an aromatic ring is 1. The fourth-order valence-corrected chi connectivity index (χ4v) is 2.08. The molecule has 0 bridgehead atoms. The van der Waals surface area contributed by atoms with Gasteiger partial charge in [0.05, 0.1) is 0 Å². The zero-order valence-corrected chi connectivity index (χ0v) is 10.7. The van der Waals surface area contributed by atoms with Crippen molar-refractivity contribution in [3.8, 4) is 0 Å². The van der Waals surface area contributed by atoms with Gasteiger partial charge in [-0.25, -0.2) is 0 Å². The van der Waals surface area contributed by atoms with Gasteiger partial charge in [0.2, 0.25) is 0 Å². The molecule has 0 aliphatic rings. The Balaban J connectivity index is 2.15. The predicted octanol–water partition coefficient (Wildman–Crippen LogP) is 4.34. The maximum atomic E-state index is 12.1. The third kappa shape index (κ3) is 3.50. The van der Waals surface area contributed by atoms with Crippen molar-refractivity contribution < 1.29 is 18.0 Å². The Morgan fingerprint density at radius 2 is 1.70 bits per heavy atom. The summed E-state index contributed by atoms with van der Waals surface area (Å²) < 4.78 is 36.2. The van der Waals surface area contributed by atoms with Gasteiger partial charge < -0.3 is 5.73 Å². The van der Waals surface area contributed by atoms with Crippen molar-refractivity contribution >= 4 is 22.2 Å². The lowest BCUT2D eigenvalue weighted by molar-refractivity contribution is -0.135. The van der Waals surface area contributed by atoms with Crippen molar-refractivity contribution in [2.24, 2.45) is 0 Å². The topological polar surface area (TPSA) is 43.1 Å². The molecule has 2 aromatic carbocycles. The molecule has 0 heterocycles. The molecule has 0 atom stereocenters. The molecule has 0 radical (unpaired) electrons. The van der Waals surface area contributed by atoms with Gasteiger partial charge in [0.1, 0.15) is 0 Å². The number of hydrogen-bond acceptors (Lipinski definition) is 2. The van der Waals surface area contributed by atoms with E-state index in [1.165, 1.54) is 0 Å². The van der Waals surface area contributed by atoms with Crippen molar-refractivity contribution in [3.05, 3.63) is 42.0 Å². The first kappa shape index (κ1) is 14.4. The zero-order valence-electron chi connectivity index (χ0n) is 10.7. The number of nitrogens with two attached hydrogens (primary N) is 1. The molecule has 2 rings (SSSR count). The number of hydrogen-bond donors (Lipinski definition) is 1. The number of anilines is 1. The molecule has 0 aliphatic heterocycles. The van der Waals surface area contributed by atoms with Gasteiger partial charge in [0, 0.05) is 24.1 Å². The summed E-state index contributed by atoms with van der Waals surface area (Å²) in [6.07, 6.45) is -5.54. The lowest BCUT2D eigenvalue weighted by atomic mass is 9.99. The van der Waals surface area contributed by atoms with E-state index in [1.807, 2.05) is 24.3 Å². The van der Waals surface area contributed by atoms with E-state index in [-0.39, 0.29) is 18.6 Å². The maximum Gasteiger partial charge on any atom is 0.389 e. The number of benzene rings is 2. The molecule has 106 valence electrons. The highest BCUT2D eigenvalue weighted by Crippen LogP contribution is 2.26. The lowest BCUT2D eigenvalue weighted by Gasteiger charge is -2.08. The Morgan fingerprint density at radius 3 is 2.30 bits per heavy atom. The summed E-state index contributed by atoms with van der Waals surface area (Å²) in [6.45, 7) is 0. The van der Waals surface area contributed by atoms with E-state index in [0.717, 1.165) is 10.8 Å². The van der Waals surface area contributed by atoms with Crippen LogP contribution in [0.1, 0.15) is 29.6 Å². The Bertz CT molecular complexity index is 635. The van der Waals surface area contributed by atoms with Crippen LogP contribution in [-0.4, -0.2) is 12.0 Å². The second-order valence-corrected chi connectivity index (χ2v) is 4.68. The van der Waals surface area contributed by atoms with Crippen molar-refractivity contribution in [1.29, 1.82) is 0 Å². The van der Waals surface area contributed by atoms with E-state index < -0.39 is 12.6 Å². The molecular formula is C15H14F3NO. The second-order valence-electron chi connectivity index (χ2n) is 4.68. The standard InChI is InChI=1S/C15H14F3NO/c16-15(17,18)7-3-6-14(20)12-8-10-4-1-2-5-11(10)9-13(12)19/h1-2,4-5,8-9H,3,6-7,19H2. The number of rotatable bonds is 4. The van der Waals surface area contributed by atoms with Crippen LogP contribution in [0.4, 0.5) is 18.9 Å². The average Bonchev–Trinajstić information content (AvgIpc) is 2.36. The van der Waals surface area contributed by atoms with Gasteiger partial charge in [0.25, 0.3) is 0 Å². The number of Topliss-reactive ketones (excluding diaryl/α,β-unsaturated/α-hetero) is 1. The first-order valence-electron chi connectivity index (χ1n) is 6.25. The summed E-state index contributed by atoms with van der Waals surface area (Å²) in [5.74, 6) is -0.350. The molecule has 0 fully saturated rings. The number of halogens is 3. The SMILES string of the molecule is Nc1cc2ccccc2cc1C(=O)CCCC(F)(F)F. The molecule has 0 spiro atoms. The first-order valence-corrected chi connectivity index (χ1v) is 6.25. The third-order valence-corrected chi connectivity index (χ3v) is 3.08. The van der Waals surface area contributed by atoms with E-state index in [1.54, 1.807) is 12.1 Å². The monoisotopic (exact) mass is 281 g/mol. The Morgan fingerprint density at radius 1 is 1.10 bits per heavy atom. The molecule has 0 saturated carbocycles. The predicted molar refractivity (Wildman–Crippen MR) is 72.6 cm³/mol. The molecule has 0 unspecified atom stereocenters. The van der Waals surface area contributed by atoms with Crippen LogP contribution < -0.4 is 5.73 Å².